The van der Waals surface area contributed by atoms with E-state index in [4.69, 9.17) is 0 Å². The van der Waals surface area contributed by atoms with Crippen LogP contribution in [0.25, 0.3) is 42.4 Å². The van der Waals surface area contributed by atoms with Gasteiger partial charge in [0.2, 0.25) is 0 Å². The largest absolute Gasteiger partial charge is 0.310 e. The molecule has 1 aliphatic heterocycles. The molecule has 7 aromatic carbocycles. The summed E-state index contributed by atoms with van der Waals surface area (Å²) in [6.07, 6.45) is 0. The molecule has 0 atom stereocenters. The van der Waals surface area contributed by atoms with Crippen LogP contribution in [0, 0.1) is 0 Å². The quantitative estimate of drug-likeness (QED) is 0.194. The molecular weight excluding hydrogens is 563 g/mol. The van der Waals surface area contributed by atoms with Gasteiger partial charge < -0.3 is 4.90 Å². The molecule has 2 aliphatic rings. The molecule has 10 rings (SSSR count). The van der Waals surface area contributed by atoms with Crippen LogP contribution in [-0.2, 0) is 5.41 Å². The van der Waals surface area contributed by atoms with Crippen molar-refractivity contribution in [2.45, 2.75) is 5.41 Å². The van der Waals surface area contributed by atoms with E-state index in [2.05, 4.69) is 169 Å². The van der Waals surface area contributed by atoms with E-state index in [9.17, 15) is 0 Å². The number of anilines is 3. The van der Waals surface area contributed by atoms with E-state index in [-0.39, 0.29) is 0 Å². The SMILES string of the molecule is c1ccc(N2c3ccccc3C3(c4ccccc4-c4cc(-c5ccc6c(c5)sc5ccccc56)ccc43)c3ccccc32)cc1. The molecular formula is C43H27NS. The minimum absolute atomic E-state index is 0.418. The normalized spacial score (nSPS) is 13.9. The maximum absolute atomic E-state index is 2.44. The van der Waals surface area contributed by atoms with E-state index in [1.807, 2.05) is 11.3 Å². The zero-order valence-electron chi connectivity index (χ0n) is 24.4. The highest BCUT2D eigenvalue weighted by Gasteiger charge is 2.51. The Hall–Kier alpha value is -5.44. The van der Waals surface area contributed by atoms with Gasteiger partial charge in [0.1, 0.15) is 0 Å². The smallest absolute Gasteiger partial charge is 0.0754 e. The number of thiophene rings is 1. The first kappa shape index (κ1) is 24.9. The van der Waals surface area contributed by atoms with Crippen molar-refractivity contribution < 1.29 is 0 Å². The number of hydrogen-bond acceptors (Lipinski definition) is 2. The Labute approximate surface area is 266 Å². The minimum atomic E-state index is -0.418. The van der Waals surface area contributed by atoms with Crippen molar-refractivity contribution in [2.24, 2.45) is 0 Å². The fourth-order valence-corrected chi connectivity index (χ4v) is 9.20. The Morgan fingerprint density at radius 1 is 0.400 bits per heavy atom. The first-order valence-electron chi connectivity index (χ1n) is 15.5. The molecule has 210 valence electrons. The lowest BCUT2D eigenvalue weighted by atomic mass is 9.64. The second-order valence-corrected chi connectivity index (χ2v) is 13.2. The van der Waals surface area contributed by atoms with Gasteiger partial charge in [-0.3, -0.25) is 0 Å². The third-order valence-electron chi connectivity index (χ3n) is 9.87. The van der Waals surface area contributed by atoms with Gasteiger partial charge in [0.25, 0.3) is 0 Å². The van der Waals surface area contributed by atoms with Gasteiger partial charge in [-0.05, 0) is 87.0 Å². The molecule has 2 heterocycles. The molecule has 1 nitrogen and oxygen atoms in total. The second kappa shape index (κ2) is 9.28. The highest BCUT2D eigenvalue weighted by Crippen LogP contribution is 2.63. The molecule has 0 saturated heterocycles. The van der Waals surface area contributed by atoms with Crippen molar-refractivity contribution in [3.8, 4) is 22.3 Å². The van der Waals surface area contributed by atoms with Crippen LogP contribution in [0.1, 0.15) is 22.3 Å². The second-order valence-electron chi connectivity index (χ2n) is 12.1. The highest BCUT2D eigenvalue weighted by atomic mass is 32.1. The summed E-state index contributed by atoms with van der Waals surface area (Å²) in [6, 6.07) is 60.7. The summed E-state index contributed by atoms with van der Waals surface area (Å²) in [4.78, 5) is 2.44. The van der Waals surface area contributed by atoms with Crippen molar-refractivity contribution in [3.63, 3.8) is 0 Å². The molecule has 0 unspecified atom stereocenters. The number of rotatable bonds is 2. The summed E-state index contributed by atoms with van der Waals surface area (Å²) < 4.78 is 2.68. The molecule has 0 amide bonds. The first-order chi connectivity index (χ1) is 22.3. The molecule has 2 heteroatoms. The van der Waals surface area contributed by atoms with Crippen LogP contribution in [0.5, 0.6) is 0 Å². The van der Waals surface area contributed by atoms with Gasteiger partial charge in [-0.15, -0.1) is 11.3 Å². The predicted molar refractivity (Wildman–Crippen MR) is 190 cm³/mol. The number of benzene rings is 7. The van der Waals surface area contributed by atoms with Crippen molar-refractivity contribution in [3.05, 3.63) is 186 Å². The Bertz CT molecular complexity index is 2400. The Balaban J connectivity index is 1.24. The van der Waals surface area contributed by atoms with Gasteiger partial charge in [-0.25, -0.2) is 0 Å². The summed E-state index contributed by atoms with van der Waals surface area (Å²) in [5.41, 5.74) is 13.7. The molecule has 0 saturated carbocycles. The summed E-state index contributed by atoms with van der Waals surface area (Å²) in [5, 5.41) is 2.68. The molecule has 0 N–H and O–H groups in total. The van der Waals surface area contributed by atoms with E-state index in [0.29, 0.717) is 0 Å². The van der Waals surface area contributed by atoms with Crippen LogP contribution in [0.2, 0.25) is 0 Å². The lowest BCUT2D eigenvalue weighted by Crippen LogP contribution is -2.36. The predicted octanol–water partition coefficient (Wildman–Crippen LogP) is 11.9. The zero-order chi connectivity index (χ0) is 29.5. The average Bonchev–Trinajstić information content (AvgIpc) is 3.62. The number of fused-ring (bicyclic) bond motifs is 12. The molecule has 1 aliphatic carbocycles. The number of nitrogens with zero attached hydrogens (tertiary/aromatic N) is 1. The Morgan fingerprint density at radius 2 is 0.978 bits per heavy atom. The van der Waals surface area contributed by atoms with Crippen molar-refractivity contribution in [1.82, 2.24) is 0 Å². The van der Waals surface area contributed by atoms with Gasteiger partial charge in [-0.1, -0.05) is 121 Å². The zero-order valence-corrected chi connectivity index (χ0v) is 25.3. The summed E-state index contributed by atoms with van der Waals surface area (Å²) >= 11 is 1.88. The topological polar surface area (TPSA) is 3.24 Å². The van der Waals surface area contributed by atoms with E-state index < -0.39 is 5.41 Å². The highest BCUT2D eigenvalue weighted by molar-refractivity contribution is 7.25. The van der Waals surface area contributed by atoms with Gasteiger partial charge in [0, 0.05) is 25.9 Å². The molecule has 8 aromatic rings. The van der Waals surface area contributed by atoms with Crippen molar-refractivity contribution in [2.75, 3.05) is 4.90 Å². The average molecular weight is 590 g/mol. The standard InChI is InChI=1S/C43H27NS/c1-2-12-30(13-3-1)44-39-19-9-7-17-37(39)43(38-18-8-10-20-40(38)44)35-16-6-4-14-31(35)34-26-28(23-25-36(34)43)29-22-24-33-32-15-5-11-21-41(32)45-42(33)27-29/h1-27H. The molecule has 0 radical (unpaired) electrons. The lowest BCUT2D eigenvalue weighted by molar-refractivity contribution is 0.753. The molecule has 1 aromatic heterocycles. The van der Waals surface area contributed by atoms with E-state index in [0.717, 1.165) is 0 Å². The number of para-hydroxylation sites is 3. The summed E-state index contributed by atoms with van der Waals surface area (Å²) in [7, 11) is 0. The monoisotopic (exact) mass is 589 g/mol. The fourth-order valence-electron chi connectivity index (χ4n) is 8.05. The van der Waals surface area contributed by atoms with Crippen LogP contribution in [0.15, 0.2) is 164 Å². The van der Waals surface area contributed by atoms with E-state index in [1.54, 1.807) is 0 Å². The molecule has 1 spiro atoms. The number of hydrogen-bond donors (Lipinski definition) is 0. The van der Waals surface area contributed by atoms with Crippen LogP contribution in [0.4, 0.5) is 17.1 Å². The summed E-state index contributed by atoms with van der Waals surface area (Å²) in [6.45, 7) is 0. The van der Waals surface area contributed by atoms with Gasteiger partial charge in [-0.2, -0.15) is 0 Å². The van der Waals surface area contributed by atoms with Crippen LogP contribution >= 0.6 is 11.3 Å². The van der Waals surface area contributed by atoms with E-state index in [1.165, 1.54) is 81.7 Å². The fraction of sp³-hybridized carbons (Fsp3) is 0.0233. The Kier molecular flexibility index (Phi) is 5.14. The third-order valence-corrected chi connectivity index (χ3v) is 11.0. The molecule has 0 bridgehead atoms. The third kappa shape index (κ3) is 3.32. The molecule has 45 heavy (non-hydrogen) atoms. The first-order valence-corrected chi connectivity index (χ1v) is 16.3. The van der Waals surface area contributed by atoms with Gasteiger partial charge >= 0.3 is 0 Å². The maximum atomic E-state index is 2.44. The maximum Gasteiger partial charge on any atom is 0.0754 e. The van der Waals surface area contributed by atoms with Crippen LogP contribution in [0.3, 0.4) is 0 Å². The van der Waals surface area contributed by atoms with Crippen LogP contribution in [-0.4, -0.2) is 0 Å². The van der Waals surface area contributed by atoms with Gasteiger partial charge in [0.05, 0.1) is 16.8 Å². The lowest BCUT2D eigenvalue weighted by Gasteiger charge is -2.45. The Morgan fingerprint density at radius 3 is 1.78 bits per heavy atom. The van der Waals surface area contributed by atoms with E-state index >= 15 is 0 Å². The minimum Gasteiger partial charge on any atom is -0.310 e. The molecule has 0 fully saturated rings. The van der Waals surface area contributed by atoms with Gasteiger partial charge in [0.15, 0.2) is 0 Å². The van der Waals surface area contributed by atoms with Crippen LogP contribution < -0.4 is 4.90 Å². The van der Waals surface area contributed by atoms with Crippen molar-refractivity contribution >= 4 is 48.6 Å². The van der Waals surface area contributed by atoms with Crippen molar-refractivity contribution in [1.29, 1.82) is 0 Å². The summed E-state index contributed by atoms with van der Waals surface area (Å²) in [5.74, 6) is 0.